The van der Waals surface area contributed by atoms with Gasteiger partial charge in [0.05, 0.1) is 11.1 Å². The zero-order chi connectivity index (χ0) is 13.5. The summed E-state index contributed by atoms with van der Waals surface area (Å²) in [6.07, 6.45) is -0.545. The van der Waals surface area contributed by atoms with Gasteiger partial charge in [0.1, 0.15) is 12.4 Å². The predicted molar refractivity (Wildman–Crippen MR) is 74.4 cm³/mol. The highest BCUT2D eigenvalue weighted by Crippen LogP contribution is 2.41. The van der Waals surface area contributed by atoms with Crippen molar-refractivity contribution in [2.45, 2.75) is 26.8 Å². The van der Waals surface area contributed by atoms with E-state index in [1.54, 1.807) is 13.0 Å². The highest BCUT2D eigenvalue weighted by Gasteiger charge is 2.40. The third kappa shape index (κ3) is 2.95. The molecule has 1 atom stereocenters. The maximum atomic E-state index is 14.0. The van der Waals surface area contributed by atoms with E-state index >= 15 is 0 Å². The summed E-state index contributed by atoms with van der Waals surface area (Å²) in [6.45, 7) is 5.83. The Morgan fingerprint density at radius 3 is 2.74 bits per heavy atom. The number of rotatable bonds is 1. The quantitative estimate of drug-likeness (QED) is 0.851. The molecule has 1 aliphatic rings. The van der Waals surface area contributed by atoms with Gasteiger partial charge in [0.25, 0.3) is 0 Å². The molecule has 0 spiro atoms. The van der Waals surface area contributed by atoms with Crippen molar-refractivity contribution < 1.29 is 13.9 Å². The van der Waals surface area contributed by atoms with Gasteiger partial charge in [0.2, 0.25) is 0 Å². The van der Waals surface area contributed by atoms with Crippen molar-refractivity contribution in [1.82, 2.24) is 5.32 Å². The van der Waals surface area contributed by atoms with Crippen LogP contribution in [0.15, 0.2) is 12.1 Å². The molecule has 1 saturated heterocycles. The molecule has 0 aliphatic carbocycles. The minimum atomic E-state index is -0.545. The number of benzene rings is 1. The molecule has 2 rings (SSSR count). The maximum Gasteiger partial charge on any atom is 0.407 e. The van der Waals surface area contributed by atoms with Gasteiger partial charge in [0.15, 0.2) is 0 Å². The average molecular weight is 308 g/mol. The third-order valence-corrected chi connectivity index (χ3v) is 3.73. The van der Waals surface area contributed by atoms with Crippen LogP contribution in [0.25, 0.3) is 0 Å². The van der Waals surface area contributed by atoms with E-state index in [1.165, 1.54) is 6.07 Å². The predicted octanol–water partition coefficient (Wildman–Crippen LogP) is 4.02. The Balaban J connectivity index is 0.00000180. The second-order valence-corrected chi connectivity index (χ2v) is 5.61. The molecule has 1 heterocycles. The first-order chi connectivity index (χ1) is 8.33. The summed E-state index contributed by atoms with van der Waals surface area (Å²) in [7, 11) is 0. The van der Waals surface area contributed by atoms with Crippen molar-refractivity contribution in [2.75, 3.05) is 6.61 Å². The van der Waals surface area contributed by atoms with Gasteiger partial charge in [-0.15, -0.1) is 12.4 Å². The number of hydrogen-bond donors (Lipinski definition) is 1. The second kappa shape index (κ2) is 5.55. The van der Waals surface area contributed by atoms with Gasteiger partial charge in [-0.25, -0.2) is 9.18 Å². The minimum Gasteiger partial charge on any atom is -0.449 e. The Labute approximate surface area is 122 Å². The standard InChI is InChI=1S/C13H15ClFNO2.ClH/c1-7-4-5-8(15)9(10(7)14)11-13(2,3)6-18-12(17)16-11;/h4-5,11H,6H2,1-3H3,(H,16,17);1H/t11-;/m1./s1. The molecular formula is C13H16Cl2FNO2. The van der Waals surface area contributed by atoms with Crippen LogP contribution in [0.5, 0.6) is 0 Å². The lowest BCUT2D eigenvalue weighted by molar-refractivity contribution is 0.0378. The zero-order valence-electron chi connectivity index (χ0n) is 10.9. The van der Waals surface area contributed by atoms with E-state index in [1.807, 2.05) is 13.8 Å². The lowest BCUT2D eigenvalue weighted by Crippen LogP contribution is -2.47. The van der Waals surface area contributed by atoms with Crippen molar-refractivity contribution in [3.63, 3.8) is 0 Å². The number of amides is 1. The molecule has 1 aromatic carbocycles. The SMILES string of the molecule is Cc1ccc(F)c([C@H]2NC(=O)OCC2(C)C)c1Cl.Cl. The molecule has 1 aromatic rings. The number of ether oxygens (including phenoxy) is 1. The topological polar surface area (TPSA) is 38.3 Å². The zero-order valence-corrected chi connectivity index (χ0v) is 12.5. The Kier molecular flexibility index (Phi) is 4.69. The second-order valence-electron chi connectivity index (χ2n) is 5.23. The van der Waals surface area contributed by atoms with Gasteiger partial charge in [-0.3, -0.25) is 0 Å². The lowest BCUT2D eigenvalue weighted by atomic mass is 9.80. The van der Waals surface area contributed by atoms with Crippen LogP contribution in [-0.2, 0) is 4.74 Å². The van der Waals surface area contributed by atoms with Gasteiger partial charge < -0.3 is 10.1 Å². The number of carbonyl (C=O) groups excluding carboxylic acids is 1. The Morgan fingerprint density at radius 1 is 1.47 bits per heavy atom. The first kappa shape index (κ1) is 16.1. The molecule has 0 radical (unpaired) electrons. The molecule has 0 unspecified atom stereocenters. The molecule has 1 N–H and O–H groups in total. The van der Waals surface area contributed by atoms with E-state index in [4.69, 9.17) is 16.3 Å². The van der Waals surface area contributed by atoms with Crippen LogP contribution in [-0.4, -0.2) is 12.7 Å². The van der Waals surface area contributed by atoms with Crippen LogP contribution in [0.2, 0.25) is 5.02 Å². The molecular weight excluding hydrogens is 292 g/mol. The monoisotopic (exact) mass is 307 g/mol. The van der Waals surface area contributed by atoms with Crippen molar-refractivity contribution in [2.24, 2.45) is 5.41 Å². The van der Waals surface area contributed by atoms with E-state index in [0.29, 0.717) is 10.6 Å². The fourth-order valence-corrected chi connectivity index (χ4v) is 2.36. The molecule has 1 aliphatic heterocycles. The highest BCUT2D eigenvalue weighted by atomic mass is 35.5. The summed E-state index contributed by atoms with van der Waals surface area (Å²) < 4.78 is 18.9. The molecule has 1 fully saturated rings. The van der Waals surface area contributed by atoms with Crippen LogP contribution >= 0.6 is 24.0 Å². The fraction of sp³-hybridized carbons (Fsp3) is 0.462. The summed E-state index contributed by atoms with van der Waals surface area (Å²) in [4.78, 5) is 11.3. The van der Waals surface area contributed by atoms with E-state index in [9.17, 15) is 9.18 Å². The summed E-state index contributed by atoms with van der Waals surface area (Å²) in [5, 5.41) is 3.00. The molecule has 0 bridgehead atoms. The van der Waals surface area contributed by atoms with Crippen molar-refractivity contribution in [3.05, 3.63) is 34.1 Å². The lowest BCUT2D eigenvalue weighted by Gasteiger charge is -2.39. The Bertz CT molecular complexity index is 506. The number of cyclic esters (lactones) is 1. The van der Waals surface area contributed by atoms with Crippen LogP contribution in [0, 0.1) is 18.2 Å². The van der Waals surface area contributed by atoms with Gasteiger partial charge >= 0.3 is 6.09 Å². The van der Waals surface area contributed by atoms with Gasteiger partial charge in [0, 0.05) is 11.0 Å². The highest BCUT2D eigenvalue weighted by molar-refractivity contribution is 6.32. The number of nitrogens with one attached hydrogen (secondary N) is 1. The maximum absolute atomic E-state index is 14.0. The number of alkyl carbamates (subject to hydrolysis) is 1. The fourth-order valence-electron chi connectivity index (χ4n) is 2.10. The number of hydrogen-bond acceptors (Lipinski definition) is 2. The summed E-state index contributed by atoms with van der Waals surface area (Å²) in [5.74, 6) is -0.411. The molecule has 0 aromatic heterocycles. The van der Waals surface area contributed by atoms with Crippen molar-refractivity contribution >= 4 is 30.1 Å². The molecule has 106 valence electrons. The molecule has 6 heteroatoms. The van der Waals surface area contributed by atoms with E-state index < -0.39 is 23.4 Å². The van der Waals surface area contributed by atoms with Gasteiger partial charge in [-0.1, -0.05) is 31.5 Å². The van der Waals surface area contributed by atoms with Crippen LogP contribution in [0.4, 0.5) is 9.18 Å². The van der Waals surface area contributed by atoms with E-state index in [2.05, 4.69) is 5.32 Å². The molecule has 3 nitrogen and oxygen atoms in total. The van der Waals surface area contributed by atoms with Gasteiger partial charge in [-0.2, -0.15) is 0 Å². The molecule has 0 saturated carbocycles. The Morgan fingerprint density at radius 2 is 2.11 bits per heavy atom. The average Bonchev–Trinajstić information content (AvgIpc) is 2.29. The first-order valence-electron chi connectivity index (χ1n) is 5.71. The molecule has 1 amide bonds. The number of aryl methyl sites for hydroxylation is 1. The van der Waals surface area contributed by atoms with Crippen LogP contribution in [0.3, 0.4) is 0 Å². The van der Waals surface area contributed by atoms with Crippen molar-refractivity contribution in [3.8, 4) is 0 Å². The van der Waals surface area contributed by atoms with E-state index in [0.717, 1.165) is 5.56 Å². The third-order valence-electron chi connectivity index (χ3n) is 3.23. The summed E-state index contributed by atoms with van der Waals surface area (Å²) in [6, 6.07) is 2.50. The summed E-state index contributed by atoms with van der Waals surface area (Å²) in [5.41, 5.74) is 0.689. The Hall–Kier alpha value is -1.00. The number of carbonyl (C=O) groups is 1. The minimum absolute atomic E-state index is 0. The van der Waals surface area contributed by atoms with Crippen LogP contribution < -0.4 is 5.32 Å². The smallest absolute Gasteiger partial charge is 0.407 e. The first-order valence-corrected chi connectivity index (χ1v) is 6.08. The normalized spacial score (nSPS) is 21.1. The van der Waals surface area contributed by atoms with Crippen molar-refractivity contribution in [1.29, 1.82) is 0 Å². The largest absolute Gasteiger partial charge is 0.449 e. The molecule has 19 heavy (non-hydrogen) atoms. The van der Waals surface area contributed by atoms with Gasteiger partial charge in [-0.05, 0) is 18.6 Å². The van der Waals surface area contributed by atoms with E-state index in [-0.39, 0.29) is 19.0 Å². The van der Waals surface area contributed by atoms with Crippen LogP contribution in [0.1, 0.15) is 31.0 Å². The summed E-state index contributed by atoms with van der Waals surface area (Å²) >= 11 is 6.17. The number of halogens is 3.